The predicted octanol–water partition coefficient (Wildman–Crippen LogP) is 3.53. The maximum Gasteiger partial charge on any atom is 0.161 e. The van der Waals surface area contributed by atoms with Gasteiger partial charge < -0.3 is 15.2 Å². The van der Waals surface area contributed by atoms with Crippen molar-refractivity contribution in [2.45, 2.75) is 40.2 Å². The van der Waals surface area contributed by atoms with E-state index in [4.69, 9.17) is 15.2 Å². The van der Waals surface area contributed by atoms with Crippen LogP contribution in [0.25, 0.3) is 0 Å². The first-order chi connectivity index (χ1) is 8.58. The third kappa shape index (κ3) is 4.22. The van der Waals surface area contributed by atoms with Crippen LogP contribution in [0, 0.1) is 5.92 Å². The average Bonchev–Trinajstić information content (AvgIpc) is 2.31. The molecule has 0 amide bonds. The summed E-state index contributed by atoms with van der Waals surface area (Å²) in [4.78, 5) is 0. The molecule has 1 atom stereocenters. The molecule has 0 spiro atoms. The minimum Gasteiger partial charge on any atom is -0.490 e. The Labute approximate surface area is 110 Å². The first-order valence-corrected chi connectivity index (χ1v) is 6.73. The fraction of sp³-hybridized carbons (Fsp3) is 0.600. The maximum atomic E-state index is 6.19. The Hall–Kier alpha value is -1.22. The van der Waals surface area contributed by atoms with E-state index in [9.17, 15) is 0 Å². The van der Waals surface area contributed by atoms with Crippen molar-refractivity contribution >= 4 is 0 Å². The molecule has 18 heavy (non-hydrogen) atoms. The number of nitrogens with two attached hydrogens (primary N) is 1. The van der Waals surface area contributed by atoms with E-state index in [1.54, 1.807) is 0 Å². The predicted molar refractivity (Wildman–Crippen MR) is 75.2 cm³/mol. The topological polar surface area (TPSA) is 44.5 Å². The maximum absolute atomic E-state index is 6.19. The molecule has 0 fully saturated rings. The summed E-state index contributed by atoms with van der Waals surface area (Å²) in [6.07, 6.45) is 0.972. The number of hydrogen-bond acceptors (Lipinski definition) is 3. The minimum absolute atomic E-state index is 0.0554. The zero-order valence-corrected chi connectivity index (χ0v) is 11.9. The van der Waals surface area contributed by atoms with Crippen LogP contribution in [0.4, 0.5) is 0 Å². The lowest BCUT2D eigenvalue weighted by Gasteiger charge is -2.17. The molecule has 3 heteroatoms. The van der Waals surface area contributed by atoms with Gasteiger partial charge in [0.05, 0.1) is 13.2 Å². The molecule has 3 nitrogen and oxygen atoms in total. The molecule has 0 aliphatic heterocycles. The normalized spacial score (nSPS) is 12.6. The molecule has 0 radical (unpaired) electrons. The second kappa shape index (κ2) is 7.27. The van der Waals surface area contributed by atoms with Gasteiger partial charge in [0.15, 0.2) is 11.5 Å². The standard InChI is InChI=1S/C15H25NO2/c1-5-17-14-8-7-12(10-15(14)18-6-2)13(16)9-11(3)4/h7-8,10-11,13H,5-6,9,16H2,1-4H3. The van der Waals surface area contributed by atoms with Crippen LogP contribution in [-0.4, -0.2) is 13.2 Å². The molecule has 2 N–H and O–H groups in total. The molecule has 1 aromatic carbocycles. The summed E-state index contributed by atoms with van der Waals surface area (Å²) in [5, 5.41) is 0. The quantitative estimate of drug-likeness (QED) is 0.806. The summed E-state index contributed by atoms with van der Waals surface area (Å²) < 4.78 is 11.1. The summed E-state index contributed by atoms with van der Waals surface area (Å²) in [5.41, 5.74) is 7.30. The molecule has 0 aliphatic rings. The zero-order valence-electron chi connectivity index (χ0n) is 11.9. The largest absolute Gasteiger partial charge is 0.490 e. The van der Waals surface area contributed by atoms with Crippen molar-refractivity contribution in [3.05, 3.63) is 23.8 Å². The van der Waals surface area contributed by atoms with Crippen LogP contribution in [0.15, 0.2) is 18.2 Å². The second-order valence-corrected chi connectivity index (χ2v) is 4.81. The van der Waals surface area contributed by atoms with Crippen LogP contribution in [-0.2, 0) is 0 Å². The molecule has 102 valence electrons. The van der Waals surface area contributed by atoms with Gasteiger partial charge in [-0.1, -0.05) is 19.9 Å². The molecule has 0 bridgehead atoms. The molecule has 0 saturated heterocycles. The zero-order chi connectivity index (χ0) is 13.5. The summed E-state index contributed by atoms with van der Waals surface area (Å²) in [7, 11) is 0. The van der Waals surface area contributed by atoms with Crippen molar-refractivity contribution in [2.24, 2.45) is 11.7 Å². The Morgan fingerprint density at radius 3 is 2.22 bits per heavy atom. The SMILES string of the molecule is CCOc1ccc(C(N)CC(C)C)cc1OCC. The monoisotopic (exact) mass is 251 g/mol. The van der Waals surface area contributed by atoms with Crippen LogP contribution in [0.1, 0.15) is 45.7 Å². The van der Waals surface area contributed by atoms with Gasteiger partial charge in [-0.05, 0) is 43.9 Å². The highest BCUT2D eigenvalue weighted by atomic mass is 16.5. The van der Waals surface area contributed by atoms with Gasteiger partial charge in [0.2, 0.25) is 0 Å². The van der Waals surface area contributed by atoms with Crippen LogP contribution < -0.4 is 15.2 Å². The summed E-state index contributed by atoms with van der Waals surface area (Å²) in [6.45, 7) is 9.56. The Kier molecular flexibility index (Phi) is 5.99. The van der Waals surface area contributed by atoms with Crippen molar-refractivity contribution in [3.8, 4) is 11.5 Å². The van der Waals surface area contributed by atoms with E-state index in [0.717, 1.165) is 23.5 Å². The first kappa shape index (κ1) is 14.8. The molecule has 1 aromatic rings. The van der Waals surface area contributed by atoms with Gasteiger partial charge in [-0.2, -0.15) is 0 Å². The summed E-state index contributed by atoms with van der Waals surface area (Å²) >= 11 is 0. The van der Waals surface area contributed by atoms with Crippen molar-refractivity contribution < 1.29 is 9.47 Å². The molecule has 0 heterocycles. The molecule has 1 unspecified atom stereocenters. The number of ether oxygens (including phenoxy) is 2. The van der Waals surface area contributed by atoms with Crippen LogP contribution >= 0.6 is 0 Å². The highest BCUT2D eigenvalue weighted by Crippen LogP contribution is 2.31. The number of rotatable bonds is 7. The van der Waals surface area contributed by atoms with Gasteiger partial charge in [0.1, 0.15) is 0 Å². The van der Waals surface area contributed by atoms with Gasteiger partial charge in [0, 0.05) is 6.04 Å². The van der Waals surface area contributed by atoms with Gasteiger partial charge in [0.25, 0.3) is 0 Å². The Morgan fingerprint density at radius 1 is 1.06 bits per heavy atom. The lowest BCUT2D eigenvalue weighted by molar-refractivity contribution is 0.287. The van der Waals surface area contributed by atoms with Crippen molar-refractivity contribution in [1.29, 1.82) is 0 Å². The lowest BCUT2D eigenvalue weighted by atomic mass is 9.97. The minimum atomic E-state index is 0.0554. The molecule has 0 aliphatic carbocycles. The van der Waals surface area contributed by atoms with Crippen LogP contribution in [0.3, 0.4) is 0 Å². The first-order valence-electron chi connectivity index (χ1n) is 6.73. The van der Waals surface area contributed by atoms with E-state index in [0.29, 0.717) is 19.1 Å². The number of benzene rings is 1. The second-order valence-electron chi connectivity index (χ2n) is 4.81. The molecule has 0 saturated carbocycles. The molecule has 1 rings (SSSR count). The van der Waals surface area contributed by atoms with Gasteiger partial charge in [-0.3, -0.25) is 0 Å². The average molecular weight is 251 g/mol. The Morgan fingerprint density at radius 2 is 1.67 bits per heavy atom. The van der Waals surface area contributed by atoms with Gasteiger partial charge >= 0.3 is 0 Å². The highest BCUT2D eigenvalue weighted by molar-refractivity contribution is 5.43. The Balaban J connectivity index is 2.91. The highest BCUT2D eigenvalue weighted by Gasteiger charge is 2.12. The lowest BCUT2D eigenvalue weighted by Crippen LogP contribution is -2.13. The van der Waals surface area contributed by atoms with Gasteiger partial charge in [-0.15, -0.1) is 0 Å². The van der Waals surface area contributed by atoms with Crippen molar-refractivity contribution in [3.63, 3.8) is 0 Å². The van der Waals surface area contributed by atoms with Crippen LogP contribution in [0.2, 0.25) is 0 Å². The molecular formula is C15H25NO2. The van der Waals surface area contributed by atoms with E-state index in [-0.39, 0.29) is 6.04 Å². The molecular weight excluding hydrogens is 226 g/mol. The van der Waals surface area contributed by atoms with Crippen molar-refractivity contribution in [1.82, 2.24) is 0 Å². The third-order valence-corrected chi connectivity index (χ3v) is 2.72. The third-order valence-electron chi connectivity index (χ3n) is 2.72. The van der Waals surface area contributed by atoms with Crippen LogP contribution in [0.5, 0.6) is 11.5 Å². The van der Waals surface area contributed by atoms with Gasteiger partial charge in [-0.25, -0.2) is 0 Å². The van der Waals surface area contributed by atoms with E-state index in [1.165, 1.54) is 0 Å². The summed E-state index contributed by atoms with van der Waals surface area (Å²) in [6, 6.07) is 6.03. The number of hydrogen-bond donors (Lipinski definition) is 1. The van der Waals surface area contributed by atoms with E-state index in [1.807, 2.05) is 32.0 Å². The molecule has 0 aromatic heterocycles. The smallest absolute Gasteiger partial charge is 0.161 e. The fourth-order valence-electron chi connectivity index (χ4n) is 1.94. The van der Waals surface area contributed by atoms with Crippen molar-refractivity contribution in [2.75, 3.05) is 13.2 Å². The van der Waals surface area contributed by atoms with E-state index >= 15 is 0 Å². The fourth-order valence-corrected chi connectivity index (χ4v) is 1.94. The van der Waals surface area contributed by atoms with E-state index in [2.05, 4.69) is 13.8 Å². The van der Waals surface area contributed by atoms with E-state index < -0.39 is 0 Å². The Bertz CT molecular complexity index is 364. The summed E-state index contributed by atoms with van der Waals surface area (Å²) in [5.74, 6) is 2.16.